The van der Waals surface area contributed by atoms with E-state index in [9.17, 15) is 0 Å². The third kappa shape index (κ3) is 4.58. The van der Waals surface area contributed by atoms with E-state index >= 15 is 0 Å². The van der Waals surface area contributed by atoms with E-state index in [0.29, 0.717) is 0 Å². The quantitative estimate of drug-likeness (QED) is 0.166. The van der Waals surface area contributed by atoms with Crippen molar-refractivity contribution in [3.63, 3.8) is 0 Å². The van der Waals surface area contributed by atoms with Gasteiger partial charge in [0.15, 0.2) is 0 Å². The van der Waals surface area contributed by atoms with Crippen LogP contribution in [0.4, 0.5) is 0 Å². The van der Waals surface area contributed by atoms with Crippen LogP contribution in [0.2, 0.25) is 0 Å². The molecule has 2 heterocycles. The molecular formula is C42H34N2S. The second kappa shape index (κ2) is 11.2. The fraction of sp³-hybridized carbons (Fsp3) is 0.0952. The lowest BCUT2D eigenvalue weighted by molar-refractivity contribution is 0.827. The molecule has 0 aliphatic carbocycles. The molecule has 2 aromatic heterocycles. The summed E-state index contributed by atoms with van der Waals surface area (Å²) in [6.07, 6.45) is 0. The maximum atomic E-state index is 3.88. The van der Waals surface area contributed by atoms with Crippen LogP contribution in [-0.4, -0.2) is 9.13 Å². The number of thioether (sulfide) groups is 1. The van der Waals surface area contributed by atoms with Crippen molar-refractivity contribution in [2.24, 2.45) is 0 Å². The maximum Gasteiger partial charge on any atom is 0.0491 e. The highest BCUT2D eigenvalue weighted by atomic mass is 32.2. The minimum atomic E-state index is 0.944. The van der Waals surface area contributed by atoms with Gasteiger partial charge in [0.2, 0.25) is 0 Å². The van der Waals surface area contributed by atoms with Crippen molar-refractivity contribution in [3.8, 4) is 33.4 Å². The van der Waals surface area contributed by atoms with E-state index in [0.717, 1.165) is 13.1 Å². The number of aromatic nitrogens is 2. The van der Waals surface area contributed by atoms with Gasteiger partial charge >= 0.3 is 0 Å². The molecule has 8 rings (SSSR count). The molecule has 0 radical (unpaired) electrons. The minimum absolute atomic E-state index is 0.944. The van der Waals surface area contributed by atoms with E-state index < -0.39 is 0 Å². The van der Waals surface area contributed by atoms with E-state index in [1.807, 2.05) is 5.41 Å². The van der Waals surface area contributed by atoms with Crippen LogP contribution in [0.15, 0.2) is 144 Å². The number of rotatable bonds is 7. The average Bonchev–Trinajstić information content (AvgIpc) is 3.59. The topological polar surface area (TPSA) is 9.86 Å². The normalized spacial score (nSPS) is 11.7. The van der Waals surface area contributed by atoms with Crippen molar-refractivity contribution in [2.45, 2.75) is 31.8 Å². The first-order chi connectivity index (χ1) is 22.2. The van der Waals surface area contributed by atoms with Gasteiger partial charge < -0.3 is 9.13 Å². The Kier molecular flexibility index (Phi) is 6.84. The molecule has 0 saturated heterocycles. The van der Waals surface area contributed by atoms with Crippen molar-refractivity contribution in [3.05, 3.63) is 139 Å². The van der Waals surface area contributed by atoms with Gasteiger partial charge in [-0.1, -0.05) is 79.0 Å². The van der Waals surface area contributed by atoms with E-state index in [2.05, 4.69) is 157 Å². The van der Waals surface area contributed by atoms with E-state index in [1.54, 1.807) is 11.8 Å². The van der Waals surface area contributed by atoms with E-state index in [1.165, 1.54) is 81.9 Å². The second-order valence-electron chi connectivity index (χ2n) is 11.6. The molecule has 6 aromatic carbocycles. The molecule has 0 aliphatic rings. The van der Waals surface area contributed by atoms with Crippen LogP contribution in [0.3, 0.4) is 0 Å². The Balaban J connectivity index is 1.34. The molecule has 0 spiro atoms. The average molecular weight is 599 g/mol. The summed E-state index contributed by atoms with van der Waals surface area (Å²) in [4.78, 5) is 1.20. The van der Waals surface area contributed by atoms with Gasteiger partial charge in [0.05, 0.1) is 0 Å². The Morgan fingerprint density at radius 2 is 0.889 bits per heavy atom. The van der Waals surface area contributed by atoms with Gasteiger partial charge in [-0.05, 0) is 119 Å². The highest BCUT2D eigenvalue weighted by molar-refractivity contribution is 8.02. The summed E-state index contributed by atoms with van der Waals surface area (Å²) < 4.78 is 4.84. The molecule has 0 saturated carbocycles. The molecule has 8 aromatic rings. The summed E-state index contributed by atoms with van der Waals surface area (Å²) in [5.41, 5.74) is 12.5. The zero-order valence-electron chi connectivity index (χ0n) is 25.6. The molecule has 0 amide bonds. The SMILES string of the molecule is C=CSc1ccc(-c2cc(-c3ccc4c(c3)c3ccccc3n4CC)cc(-c3ccc4c(c3)c3ccccc3n4CC)c2)cc1. The fourth-order valence-electron chi connectivity index (χ4n) is 7.10. The Hall–Kier alpha value is -4.99. The number of fused-ring (bicyclic) bond motifs is 6. The number of nitrogens with zero attached hydrogens (tertiary/aromatic N) is 2. The molecule has 45 heavy (non-hydrogen) atoms. The van der Waals surface area contributed by atoms with Crippen LogP contribution in [0.25, 0.3) is 77.0 Å². The summed E-state index contributed by atoms with van der Waals surface area (Å²) in [6, 6.07) is 47.4. The van der Waals surface area contributed by atoms with Gasteiger partial charge in [0.25, 0.3) is 0 Å². The Labute approximate surface area is 268 Å². The number of hydrogen-bond acceptors (Lipinski definition) is 1. The minimum Gasteiger partial charge on any atom is -0.341 e. The Morgan fingerprint density at radius 3 is 1.36 bits per heavy atom. The maximum absolute atomic E-state index is 3.88. The lowest BCUT2D eigenvalue weighted by Crippen LogP contribution is -1.93. The predicted molar refractivity (Wildman–Crippen MR) is 196 cm³/mol. The van der Waals surface area contributed by atoms with Gasteiger partial charge in [-0.15, -0.1) is 0 Å². The Bertz CT molecular complexity index is 2250. The van der Waals surface area contributed by atoms with Gasteiger partial charge in [-0.3, -0.25) is 0 Å². The van der Waals surface area contributed by atoms with Crippen LogP contribution in [0, 0.1) is 0 Å². The van der Waals surface area contributed by atoms with Gasteiger partial charge in [-0.2, -0.15) is 0 Å². The molecule has 2 nitrogen and oxygen atoms in total. The number of aryl methyl sites for hydroxylation is 2. The van der Waals surface area contributed by atoms with Crippen molar-refractivity contribution < 1.29 is 0 Å². The summed E-state index contributed by atoms with van der Waals surface area (Å²) >= 11 is 1.65. The van der Waals surface area contributed by atoms with E-state index in [4.69, 9.17) is 0 Å². The summed E-state index contributed by atoms with van der Waals surface area (Å²) in [5, 5.41) is 7.10. The molecule has 3 heteroatoms. The zero-order valence-corrected chi connectivity index (χ0v) is 26.4. The second-order valence-corrected chi connectivity index (χ2v) is 12.6. The third-order valence-electron chi connectivity index (χ3n) is 9.18. The first-order valence-electron chi connectivity index (χ1n) is 15.7. The van der Waals surface area contributed by atoms with Crippen LogP contribution in [0.1, 0.15) is 13.8 Å². The molecule has 0 aliphatic heterocycles. The van der Waals surface area contributed by atoms with E-state index in [-0.39, 0.29) is 0 Å². The summed E-state index contributed by atoms with van der Waals surface area (Å²) in [5.74, 6) is 0. The summed E-state index contributed by atoms with van der Waals surface area (Å²) in [6.45, 7) is 10.2. The lowest BCUT2D eigenvalue weighted by Gasteiger charge is -2.13. The predicted octanol–water partition coefficient (Wildman–Crippen LogP) is 12.2. The van der Waals surface area contributed by atoms with Crippen LogP contribution in [-0.2, 0) is 13.1 Å². The van der Waals surface area contributed by atoms with Crippen molar-refractivity contribution in [2.75, 3.05) is 0 Å². The number of hydrogen-bond donors (Lipinski definition) is 0. The number of benzene rings is 6. The Morgan fingerprint density at radius 1 is 0.467 bits per heavy atom. The van der Waals surface area contributed by atoms with Gasteiger partial charge in [0.1, 0.15) is 0 Å². The molecule has 0 atom stereocenters. The van der Waals surface area contributed by atoms with Crippen molar-refractivity contribution in [1.29, 1.82) is 0 Å². The highest BCUT2D eigenvalue weighted by Gasteiger charge is 2.15. The molecule has 0 fully saturated rings. The van der Waals surface area contributed by atoms with Crippen LogP contribution < -0.4 is 0 Å². The smallest absolute Gasteiger partial charge is 0.0491 e. The molecule has 0 unspecified atom stereocenters. The first kappa shape index (κ1) is 27.6. The largest absolute Gasteiger partial charge is 0.341 e. The monoisotopic (exact) mass is 598 g/mol. The lowest BCUT2D eigenvalue weighted by atomic mass is 9.92. The highest BCUT2D eigenvalue weighted by Crippen LogP contribution is 2.39. The van der Waals surface area contributed by atoms with Crippen LogP contribution >= 0.6 is 11.8 Å². The first-order valence-corrected chi connectivity index (χ1v) is 16.6. The van der Waals surface area contributed by atoms with Crippen molar-refractivity contribution in [1.82, 2.24) is 9.13 Å². The summed E-state index contributed by atoms with van der Waals surface area (Å²) in [7, 11) is 0. The zero-order chi connectivity index (χ0) is 30.5. The number of para-hydroxylation sites is 2. The standard InChI is InChI=1S/C42H34N2S/c1-4-43-39-13-9-7-11-35(39)37-26-29(17-21-41(37)43)32-23-31(28-15-19-34(20-16-28)45-6-3)24-33(25-32)30-18-22-42-38(27-30)36-12-8-10-14-40(36)44(42)5-2/h6-27H,3-5H2,1-2H3. The molecule has 0 bridgehead atoms. The van der Waals surface area contributed by atoms with Crippen LogP contribution in [0.5, 0.6) is 0 Å². The molecular weight excluding hydrogens is 565 g/mol. The van der Waals surface area contributed by atoms with Crippen molar-refractivity contribution >= 4 is 55.4 Å². The fourth-order valence-corrected chi connectivity index (χ4v) is 7.58. The molecule has 0 N–H and O–H groups in total. The van der Waals surface area contributed by atoms with Gasteiger partial charge in [0, 0.05) is 61.6 Å². The molecule has 218 valence electrons. The van der Waals surface area contributed by atoms with Gasteiger partial charge in [-0.25, -0.2) is 0 Å². The third-order valence-corrected chi connectivity index (χ3v) is 9.89.